The first-order valence-corrected chi connectivity index (χ1v) is 7.86. The SMILES string of the molecule is CCOC(=O)c1ccc(C(O)c2nccs2)c2ccccc12. The molecule has 5 heteroatoms. The van der Waals surface area contributed by atoms with Gasteiger partial charge in [0.15, 0.2) is 0 Å². The van der Waals surface area contributed by atoms with Crippen LogP contribution in [0.15, 0.2) is 48.0 Å². The molecule has 0 saturated heterocycles. The second-order valence-corrected chi connectivity index (χ2v) is 5.67. The van der Waals surface area contributed by atoms with E-state index in [1.807, 2.05) is 29.6 Å². The number of rotatable bonds is 4. The Hall–Kier alpha value is -2.24. The molecule has 0 aliphatic rings. The lowest BCUT2D eigenvalue weighted by Gasteiger charge is -2.14. The summed E-state index contributed by atoms with van der Waals surface area (Å²) < 4.78 is 5.10. The van der Waals surface area contributed by atoms with Gasteiger partial charge in [-0.25, -0.2) is 9.78 Å². The average molecular weight is 313 g/mol. The molecule has 0 bridgehead atoms. The third-order valence-corrected chi connectivity index (χ3v) is 4.26. The maximum absolute atomic E-state index is 12.1. The summed E-state index contributed by atoms with van der Waals surface area (Å²) in [7, 11) is 0. The number of hydrogen-bond acceptors (Lipinski definition) is 5. The molecule has 4 nitrogen and oxygen atoms in total. The summed E-state index contributed by atoms with van der Waals surface area (Å²) >= 11 is 1.40. The highest BCUT2D eigenvalue weighted by molar-refractivity contribution is 7.09. The highest BCUT2D eigenvalue weighted by Gasteiger charge is 2.19. The standard InChI is InChI=1S/C17H15NO3S/c1-2-21-17(20)14-8-7-13(11-5-3-4-6-12(11)14)15(19)16-18-9-10-22-16/h3-10,15,19H,2H2,1H3. The van der Waals surface area contributed by atoms with Crippen molar-refractivity contribution in [1.82, 2.24) is 4.98 Å². The maximum atomic E-state index is 12.1. The quantitative estimate of drug-likeness (QED) is 0.748. The van der Waals surface area contributed by atoms with Crippen LogP contribution in [0.5, 0.6) is 0 Å². The molecule has 1 atom stereocenters. The van der Waals surface area contributed by atoms with Crippen LogP contribution >= 0.6 is 11.3 Å². The van der Waals surface area contributed by atoms with Crippen LogP contribution < -0.4 is 0 Å². The van der Waals surface area contributed by atoms with Crippen LogP contribution in [0.2, 0.25) is 0 Å². The first-order chi connectivity index (χ1) is 10.7. The van der Waals surface area contributed by atoms with Crippen molar-refractivity contribution < 1.29 is 14.6 Å². The van der Waals surface area contributed by atoms with Crippen molar-refractivity contribution in [3.8, 4) is 0 Å². The smallest absolute Gasteiger partial charge is 0.338 e. The minimum absolute atomic E-state index is 0.330. The molecule has 0 fully saturated rings. The van der Waals surface area contributed by atoms with Gasteiger partial charge in [0.25, 0.3) is 0 Å². The summed E-state index contributed by atoms with van der Waals surface area (Å²) in [6.45, 7) is 2.11. The molecule has 1 aromatic heterocycles. The molecule has 0 aliphatic heterocycles. The summed E-state index contributed by atoms with van der Waals surface area (Å²) in [5, 5.41) is 14.6. The zero-order valence-corrected chi connectivity index (χ0v) is 12.8. The van der Waals surface area contributed by atoms with Crippen LogP contribution in [-0.4, -0.2) is 22.7 Å². The molecule has 2 aromatic carbocycles. The van der Waals surface area contributed by atoms with E-state index in [9.17, 15) is 9.90 Å². The van der Waals surface area contributed by atoms with Gasteiger partial charge in [-0.2, -0.15) is 0 Å². The molecule has 1 N–H and O–H groups in total. The molecule has 22 heavy (non-hydrogen) atoms. The lowest BCUT2D eigenvalue weighted by molar-refractivity contribution is 0.0528. The molecule has 1 unspecified atom stereocenters. The fourth-order valence-corrected chi connectivity index (χ4v) is 3.09. The van der Waals surface area contributed by atoms with Crippen molar-refractivity contribution >= 4 is 28.1 Å². The Morgan fingerprint density at radius 1 is 1.27 bits per heavy atom. The molecule has 1 heterocycles. The van der Waals surface area contributed by atoms with Gasteiger partial charge in [0.1, 0.15) is 11.1 Å². The van der Waals surface area contributed by atoms with E-state index in [1.165, 1.54) is 11.3 Å². The maximum Gasteiger partial charge on any atom is 0.338 e. The lowest BCUT2D eigenvalue weighted by atomic mass is 9.96. The zero-order valence-electron chi connectivity index (χ0n) is 12.0. The Labute approximate surface area is 132 Å². The molecule has 0 radical (unpaired) electrons. The number of aromatic nitrogens is 1. The number of thiazole rings is 1. The first kappa shape index (κ1) is 14.7. The van der Waals surface area contributed by atoms with Crippen molar-refractivity contribution in [1.29, 1.82) is 0 Å². The topological polar surface area (TPSA) is 59.4 Å². The Morgan fingerprint density at radius 3 is 2.73 bits per heavy atom. The van der Waals surface area contributed by atoms with E-state index in [0.29, 0.717) is 17.2 Å². The lowest BCUT2D eigenvalue weighted by Crippen LogP contribution is -2.07. The van der Waals surface area contributed by atoms with Crippen LogP contribution in [-0.2, 0) is 4.74 Å². The number of carbonyl (C=O) groups is 1. The summed E-state index contributed by atoms with van der Waals surface area (Å²) in [5.41, 5.74) is 1.24. The van der Waals surface area contributed by atoms with Crippen LogP contribution in [0.1, 0.15) is 34.0 Å². The predicted octanol–water partition coefficient (Wildman–Crippen LogP) is 3.55. The summed E-state index contributed by atoms with van der Waals surface area (Å²) in [6, 6.07) is 11.0. The van der Waals surface area contributed by atoms with Gasteiger partial charge >= 0.3 is 5.97 Å². The van der Waals surface area contributed by atoms with Crippen molar-refractivity contribution in [3.05, 3.63) is 64.1 Å². The molecule has 0 saturated carbocycles. The Bertz CT molecular complexity index is 799. The van der Waals surface area contributed by atoms with Crippen molar-refractivity contribution in [3.63, 3.8) is 0 Å². The Morgan fingerprint density at radius 2 is 2.05 bits per heavy atom. The van der Waals surface area contributed by atoms with Crippen LogP contribution in [0.4, 0.5) is 0 Å². The minimum Gasteiger partial charge on any atom is -0.462 e. The first-order valence-electron chi connectivity index (χ1n) is 6.98. The molecule has 3 rings (SSSR count). The van der Waals surface area contributed by atoms with Crippen molar-refractivity contribution in [2.24, 2.45) is 0 Å². The number of benzene rings is 2. The molecular weight excluding hydrogens is 298 g/mol. The van der Waals surface area contributed by atoms with E-state index in [1.54, 1.807) is 25.3 Å². The summed E-state index contributed by atoms with van der Waals surface area (Å²) in [4.78, 5) is 16.2. The number of aliphatic hydroxyl groups excluding tert-OH is 1. The highest BCUT2D eigenvalue weighted by atomic mass is 32.1. The van der Waals surface area contributed by atoms with Gasteiger partial charge in [-0.3, -0.25) is 0 Å². The third-order valence-electron chi connectivity index (χ3n) is 3.43. The van der Waals surface area contributed by atoms with Gasteiger partial charge < -0.3 is 9.84 Å². The number of hydrogen-bond donors (Lipinski definition) is 1. The number of aliphatic hydroxyl groups is 1. The fraction of sp³-hybridized carbons (Fsp3) is 0.176. The molecule has 0 aliphatic carbocycles. The Balaban J connectivity index is 2.14. The second kappa shape index (κ2) is 6.25. The number of carbonyl (C=O) groups excluding carboxylic acids is 1. The fourth-order valence-electron chi connectivity index (χ4n) is 2.45. The van der Waals surface area contributed by atoms with Gasteiger partial charge in [0.2, 0.25) is 0 Å². The van der Waals surface area contributed by atoms with E-state index in [-0.39, 0.29) is 5.97 Å². The van der Waals surface area contributed by atoms with Crippen LogP contribution in [0, 0.1) is 0 Å². The Kier molecular flexibility index (Phi) is 4.18. The molecule has 0 amide bonds. The highest BCUT2D eigenvalue weighted by Crippen LogP contribution is 2.31. The normalized spacial score (nSPS) is 12.3. The number of nitrogens with zero attached hydrogens (tertiary/aromatic N) is 1. The van der Waals surface area contributed by atoms with Gasteiger partial charge in [0.05, 0.1) is 12.2 Å². The van der Waals surface area contributed by atoms with Gasteiger partial charge in [-0.1, -0.05) is 30.3 Å². The average Bonchev–Trinajstić information content (AvgIpc) is 3.08. The van der Waals surface area contributed by atoms with Gasteiger partial charge in [0, 0.05) is 11.6 Å². The van der Waals surface area contributed by atoms with Gasteiger partial charge in [-0.05, 0) is 29.3 Å². The van der Waals surface area contributed by atoms with Gasteiger partial charge in [-0.15, -0.1) is 11.3 Å². The second-order valence-electron chi connectivity index (χ2n) is 4.74. The van der Waals surface area contributed by atoms with E-state index < -0.39 is 6.10 Å². The van der Waals surface area contributed by atoms with Crippen LogP contribution in [0.3, 0.4) is 0 Å². The van der Waals surface area contributed by atoms with E-state index in [0.717, 1.165) is 16.3 Å². The largest absolute Gasteiger partial charge is 0.462 e. The molecule has 112 valence electrons. The summed E-state index contributed by atoms with van der Waals surface area (Å²) in [5.74, 6) is -0.353. The number of fused-ring (bicyclic) bond motifs is 1. The molecule has 3 aromatic rings. The van der Waals surface area contributed by atoms with E-state index >= 15 is 0 Å². The number of ether oxygens (including phenoxy) is 1. The van der Waals surface area contributed by atoms with Crippen LogP contribution in [0.25, 0.3) is 10.8 Å². The summed E-state index contributed by atoms with van der Waals surface area (Å²) in [6.07, 6.45) is 0.861. The van der Waals surface area contributed by atoms with E-state index in [2.05, 4.69) is 4.98 Å². The monoisotopic (exact) mass is 313 g/mol. The predicted molar refractivity (Wildman–Crippen MR) is 86.1 cm³/mol. The number of esters is 1. The van der Waals surface area contributed by atoms with E-state index in [4.69, 9.17) is 4.74 Å². The van der Waals surface area contributed by atoms with Crippen molar-refractivity contribution in [2.45, 2.75) is 13.0 Å². The zero-order chi connectivity index (χ0) is 15.5. The van der Waals surface area contributed by atoms with Crippen molar-refractivity contribution in [2.75, 3.05) is 6.61 Å². The molecule has 0 spiro atoms. The minimum atomic E-state index is -0.804. The molecular formula is C17H15NO3S. The third kappa shape index (κ3) is 2.61.